The van der Waals surface area contributed by atoms with Crippen LogP contribution in [-0.4, -0.2) is 61.4 Å². The summed E-state index contributed by atoms with van der Waals surface area (Å²) in [5.74, 6) is 0. The highest BCUT2D eigenvalue weighted by Crippen LogP contribution is 2.44. The number of carbonyl (C=O) groups is 1. The van der Waals surface area contributed by atoms with Crippen molar-refractivity contribution in [3.05, 3.63) is 12.3 Å². The average Bonchev–Trinajstić information content (AvgIpc) is 3.01. The number of aliphatic hydroxyl groups is 1. The summed E-state index contributed by atoms with van der Waals surface area (Å²) in [7, 11) is -2.10. The third-order valence-electron chi connectivity index (χ3n) is 5.94. The lowest BCUT2D eigenvalue weighted by atomic mass is 10.1. The Kier molecular flexibility index (Phi) is 9.90. The van der Waals surface area contributed by atoms with E-state index in [0.29, 0.717) is 36.2 Å². The third-order valence-corrected chi connectivity index (χ3v) is 12.1. The van der Waals surface area contributed by atoms with Gasteiger partial charge in [0, 0.05) is 6.54 Å². The SMILES string of the molecule is CCO/C=C\C(O)[C@@H]1C[C@@H](O[Si](C(C)C)(C(C)C)C(C)C)CN1C(=O)OC(C)(C)C. The largest absolute Gasteiger partial charge is 0.502 e. The molecule has 1 aliphatic rings. The molecule has 0 saturated carbocycles. The van der Waals surface area contributed by atoms with Crippen LogP contribution in [0, 0.1) is 0 Å². The molecule has 0 bridgehead atoms. The first-order chi connectivity index (χ1) is 13.8. The van der Waals surface area contributed by atoms with E-state index in [9.17, 15) is 9.90 Å². The van der Waals surface area contributed by atoms with Crippen LogP contribution in [0.25, 0.3) is 0 Å². The molecule has 0 aliphatic carbocycles. The first kappa shape index (κ1) is 27.0. The van der Waals surface area contributed by atoms with Crippen LogP contribution in [0.15, 0.2) is 12.3 Å². The van der Waals surface area contributed by atoms with E-state index in [0.717, 1.165) is 0 Å². The lowest BCUT2D eigenvalue weighted by Gasteiger charge is -2.44. The van der Waals surface area contributed by atoms with E-state index in [1.54, 1.807) is 11.0 Å². The molecule has 0 radical (unpaired) electrons. The number of hydrogen-bond acceptors (Lipinski definition) is 5. The maximum Gasteiger partial charge on any atom is 0.410 e. The molecule has 1 rings (SSSR count). The summed E-state index contributed by atoms with van der Waals surface area (Å²) >= 11 is 0. The van der Waals surface area contributed by atoms with Crippen LogP contribution in [-0.2, 0) is 13.9 Å². The Labute approximate surface area is 185 Å². The molecule has 0 aromatic carbocycles. The summed E-state index contributed by atoms with van der Waals surface area (Å²) in [6, 6.07) is -0.403. The van der Waals surface area contributed by atoms with Crippen LogP contribution in [0.3, 0.4) is 0 Å². The van der Waals surface area contributed by atoms with Crippen molar-refractivity contribution >= 4 is 14.4 Å². The fourth-order valence-corrected chi connectivity index (χ4v) is 10.4. The Morgan fingerprint density at radius 3 is 2.10 bits per heavy atom. The van der Waals surface area contributed by atoms with Crippen LogP contribution in [0.5, 0.6) is 0 Å². The number of ether oxygens (including phenoxy) is 2. The second-order valence-corrected chi connectivity index (χ2v) is 15.7. The predicted molar refractivity (Wildman–Crippen MR) is 124 cm³/mol. The van der Waals surface area contributed by atoms with Crippen molar-refractivity contribution in [3.63, 3.8) is 0 Å². The number of nitrogens with zero attached hydrogens (tertiary/aromatic N) is 1. The molecule has 30 heavy (non-hydrogen) atoms. The first-order valence-corrected chi connectivity index (χ1v) is 13.5. The van der Waals surface area contributed by atoms with Gasteiger partial charge in [-0.15, -0.1) is 0 Å². The first-order valence-electron chi connectivity index (χ1n) is 11.4. The Morgan fingerprint density at radius 2 is 1.67 bits per heavy atom. The number of amides is 1. The second-order valence-electron chi connectivity index (χ2n) is 10.3. The summed E-state index contributed by atoms with van der Waals surface area (Å²) in [6.45, 7) is 21.9. The number of rotatable bonds is 9. The van der Waals surface area contributed by atoms with Crippen molar-refractivity contribution in [1.29, 1.82) is 0 Å². The van der Waals surface area contributed by atoms with Gasteiger partial charge in [0.05, 0.1) is 31.1 Å². The molecule has 1 N–H and O–H groups in total. The third kappa shape index (κ3) is 6.72. The van der Waals surface area contributed by atoms with Gasteiger partial charge in [0.1, 0.15) is 5.60 Å². The van der Waals surface area contributed by atoms with Gasteiger partial charge in [-0.25, -0.2) is 4.79 Å². The van der Waals surface area contributed by atoms with Crippen LogP contribution in [0.4, 0.5) is 4.79 Å². The van der Waals surface area contributed by atoms with Crippen LogP contribution < -0.4 is 0 Å². The van der Waals surface area contributed by atoms with Gasteiger partial charge in [-0.05, 0) is 56.8 Å². The standard InChI is InChI=1S/C23H45NO5Si/c1-11-27-13-12-21(25)20-14-19(15-24(20)22(26)28-23(8,9)10)29-30(16(2)3,17(4)5)18(6)7/h12-13,16-21,25H,11,14-15H2,1-10H3/b13-12-/t19-,20+,21?/m1/s1. The molecule has 1 amide bonds. The van der Waals surface area contributed by atoms with E-state index in [1.807, 2.05) is 27.7 Å². The van der Waals surface area contributed by atoms with Gasteiger partial charge in [-0.3, -0.25) is 4.90 Å². The van der Waals surface area contributed by atoms with Crippen LogP contribution in [0.1, 0.15) is 75.7 Å². The Balaban J connectivity index is 3.14. The molecule has 1 saturated heterocycles. The quantitative estimate of drug-likeness (QED) is 0.378. The molecule has 1 unspecified atom stereocenters. The Hall–Kier alpha value is -1.05. The van der Waals surface area contributed by atoms with Gasteiger partial charge >= 0.3 is 6.09 Å². The fourth-order valence-electron chi connectivity index (χ4n) is 4.82. The van der Waals surface area contributed by atoms with E-state index < -0.39 is 32.2 Å². The molecule has 0 aromatic heterocycles. The number of hydrogen-bond donors (Lipinski definition) is 1. The summed E-state index contributed by atoms with van der Waals surface area (Å²) in [6.07, 6.45) is 2.32. The fraction of sp³-hybridized carbons (Fsp3) is 0.870. The highest BCUT2D eigenvalue weighted by molar-refractivity contribution is 6.77. The van der Waals surface area contributed by atoms with Crippen molar-refractivity contribution in [1.82, 2.24) is 4.90 Å². The minimum Gasteiger partial charge on any atom is -0.502 e. The predicted octanol–water partition coefficient (Wildman–Crippen LogP) is 5.47. The van der Waals surface area contributed by atoms with E-state index in [4.69, 9.17) is 13.9 Å². The molecule has 0 spiro atoms. The van der Waals surface area contributed by atoms with Crippen molar-refractivity contribution in [2.24, 2.45) is 0 Å². The van der Waals surface area contributed by atoms with Gasteiger partial charge in [0.2, 0.25) is 8.32 Å². The monoisotopic (exact) mass is 443 g/mol. The van der Waals surface area contributed by atoms with Gasteiger partial charge < -0.3 is 19.0 Å². The zero-order valence-electron chi connectivity index (χ0n) is 20.8. The molecule has 1 fully saturated rings. The van der Waals surface area contributed by atoms with Gasteiger partial charge in [0.25, 0.3) is 0 Å². The van der Waals surface area contributed by atoms with Gasteiger partial charge in [0.15, 0.2) is 0 Å². The molecule has 1 heterocycles. The van der Waals surface area contributed by atoms with E-state index >= 15 is 0 Å². The Morgan fingerprint density at radius 1 is 1.13 bits per heavy atom. The number of carbonyl (C=O) groups excluding carboxylic acids is 1. The molecule has 3 atom stereocenters. The second kappa shape index (κ2) is 11.0. The van der Waals surface area contributed by atoms with Gasteiger partial charge in [-0.2, -0.15) is 0 Å². The summed E-state index contributed by atoms with van der Waals surface area (Å²) in [4.78, 5) is 14.5. The topological polar surface area (TPSA) is 68.2 Å². The molecule has 1 aliphatic heterocycles. The lowest BCUT2D eigenvalue weighted by molar-refractivity contribution is 0.0103. The molecular weight excluding hydrogens is 398 g/mol. The number of aliphatic hydroxyl groups excluding tert-OH is 1. The maximum atomic E-state index is 12.9. The zero-order chi connectivity index (χ0) is 23.3. The molecule has 176 valence electrons. The number of likely N-dealkylation sites (tertiary alicyclic amines) is 1. The maximum absolute atomic E-state index is 12.9. The van der Waals surface area contributed by atoms with Crippen LogP contribution in [0.2, 0.25) is 16.6 Å². The molecule has 0 aromatic rings. The minimum absolute atomic E-state index is 0.114. The van der Waals surface area contributed by atoms with Crippen molar-refractivity contribution in [2.75, 3.05) is 13.2 Å². The zero-order valence-corrected chi connectivity index (χ0v) is 21.8. The van der Waals surface area contributed by atoms with Crippen molar-refractivity contribution in [2.45, 2.75) is 116 Å². The summed E-state index contributed by atoms with van der Waals surface area (Å²) in [5.41, 5.74) is 0.761. The van der Waals surface area contributed by atoms with E-state index in [1.165, 1.54) is 6.26 Å². The Bertz CT molecular complexity index is 549. The smallest absolute Gasteiger partial charge is 0.410 e. The average molecular weight is 444 g/mol. The minimum atomic E-state index is -2.10. The van der Waals surface area contributed by atoms with Crippen molar-refractivity contribution < 1.29 is 23.8 Å². The van der Waals surface area contributed by atoms with Gasteiger partial charge in [-0.1, -0.05) is 41.5 Å². The summed E-state index contributed by atoms with van der Waals surface area (Å²) in [5, 5.41) is 10.8. The summed E-state index contributed by atoms with van der Waals surface area (Å²) < 4.78 is 17.8. The molecule has 6 nitrogen and oxygen atoms in total. The highest BCUT2D eigenvalue weighted by atomic mass is 28.4. The van der Waals surface area contributed by atoms with Crippen LogP contribution >= 0.6 is 0 Å². The lowest BCUT2D eigenvalue weighted by Crippen LogP contribution is -2.50. The van der Waals surface area contributed by atoms with Crippen molar-refractivity contribution in [3.8, 4) is 0 Å². The molecular formula is C23H45NO5Si. The van der Waals surface area contributed by atoms with E-state index in [2.05, 4.69) is 41.5 Å². The molecule has 7 heteroatoms. The normalized spacial score (nSPS) is 21.9. The van der Waals surface area contributed by atoms with E-state index in [-0.39, 0.29) is 6.10 Å². The highest BCUT2D eigenvalue weighted by Gasteiger charge is 2.50.